The fourth-order valence-corrected chi connectivity index (χ4v) is 6.41. The van der Waals surface area contributed by atoms with E-state index in [0.29, 0.717) is 29.4 Å². The van der Waals surface area contributed by atoms with Crippen LogP contribution < -0.4 is 5.73 Å². The largest absolute Gasteiger partial charge is 0.513 e. The topological polar surface area (TPSA) is 66.5 Å². The molecule has 22 heavy (non-hydrogen) atoms. The Hall–Kier alpha value is -0.960. The zero-order chi connectivity index (χ0) is 15.7. The molecule has 0 radical (unpaired) electrons. The third-order valence-corrected chi connectivity index (χ3v) is 7.92. The molecular formula is C19H29NO2. The SMILES string of the molecule is C[C@]12CCC(O)=C[C@H]1C[C@H](O)[C@@H]1[C@@H]2CC[C@]2(C)C(N)=CC[C@@H]12. The van der Waals surface area contributed by atoms with Gasteiger partial charge in [-0.1, -0.05) is 19.9 Å². The van der Waals surface area contributed by atoms with Crippen molar-refractivity contribution in [2.45, 2.75) is 58.5 Å². The van der Waals surface area contributed by atoms with Gasteiger partial charge in [0, 0.05) is 17.5 Å². The number of aliphatic hydroxyl groups excluding tert-OH is 2. The van der Waals surface area contributed by atoms with Crippen molar-refractivity contribution in [3.8, 4) is 0 Å². The van der Waals surface area contributed by atoms with Crippen molar-refractivity contribution in [2.24, 2.45) is 40.2 Å². The summed E-state index contributed by atoms with van der Waals surface area (Å²) in [7, 11) is 0. The molecule has 3 heteroatoms. The van der Waals surface area contributed by atoms with Gasteiger partial charge in [0.05, 0.1) is 11.9 Å². The van der Waals surface area contributed by atoms with Crippen molar-refractivity contribution in [3.05, 3.63) is 23.6 Å². The lowest BCUT2D eigenvalue weighted by atomic mass is 9.45. The predicted molar refractivity (Wildman–Crippen MR) is 86.9 cm³/mol. The Balaban J connectivity index is 1.71. The lowest BCUT2D eigenvalue weighted by Gasteiger charge is -2.60. The maximum absolute atomic E-state index is 10.9. The Bertz CT molecular complexity index is 554. The second-order valence-electron chi connectivity index (χ2n) is 8.72. The van der Waals surface area contributed by atoms with E-state index in [1.165, 1.54) is 0 Å². The van der Waals surface area contributed by atoms with Crippen LogP contribution in [-0.2, 0) is 0 Å². The number of rotatable bonds is 0. The van der Waals surface area contributed by atoms with Gasteiger partial charge in [-0.2, -0.15) is 0 Å². The molecule has 0 saturated heterocycles. The van der Waals surface area contributed by atoms with Gasteiger partial charge < -0.3 is 15.9 Å². The average Bonchev–Trinajstić information content (AvgIpc) is 2.77. The minimum atomic E-state index is -0.255. The molecule has 0 spiro atoms. The van der Waals surface area contributed by atoms with Crippen LogP contribution in [0.2, 0.25) is 0 Å². The fourth-order valence-electron chi connectivity index (χ4n) is 6.41. The number of aliphatic hydroxyl groups is 2. The van der Waals surface area contributed by atoms with Gasteiger partial charge in [0.2, 0.25) is 0 Å². The van der Waals surface area contributed by atoms with Crippen LogP contribution >= 0.6 is 0 Å². The van der Waals surface area contributed by atoms with Crippen LogP contribution in [0.15, 0.2) is 23.6 Å². The minimum Gasteiger partial charge on any atom is -0.513 e. The first-order chi connectivity index (χ1) is 10.4. The Kier molecular flexibility index (Phi) is 3.01. The molecule has 7 atom stereocenters. The predicted octanol–water partition coefficient (Wildman–Crippen LogP) is 3.50. The zero-order valence-corrected chi connectivity index (χ0v) is 13.8. The van der Waals surface area contributed by atoms with Crippen LogP contribution in [0, 0.1) is 34.5 Å². The summed E-state index contributed by atoms with van der Waals surface area (Å²) in [5.41, 5.74) is 7.69. The second kappa shape index (κ2) is 4.53. The molecule has 0 aliphatic heterocycles. The number of nitrogens with two attached hydrogens (primary N) is 1. The van der Waals surface area contributed by atoms with Crippen molar-refractivity contribution in [1.82, 2.24) is 0 Å². The van der Waals surface area contributed by atoms with Crippen LogP contribution in [0.25, 0.3) is 0 Å². The number of hydrogen-bond donors (Lipinski definition) is 3. The van der Waals surface area contributed by atoms with Gasteiger partial charge in [0.1, 0.15) is 0 Å². The summed E-state index contributed by atoms with van der Waals surface area (Å²) in [6.07, 6.45) is 9.98. The van der Waals surface area contributed by atoms with Gasteiger partial charge in [-0.05, 0) is 67.3 Å². The highest BCUT2D eigenvalue weighted by molar-refractivity contribution is 5.24. The molecule has 0 unspecified atom stereocenters. The third kappa shape index (κ3) is 1.72. The van der Waals surface area contributed by atoms with Crippen LogP contribution in [0.5, 0.6) is 0 Å². The van der Waals surface area contributed by atoms with Gasteiger partial charge in [-0.3, -0.25) is 0 Å². The van der Waals surface area contributed by atoms with E-state index in [1.807, 2.05) is 6.08 Å². The minimum absolute atomic E-state index is 0.0952. The number of fused-ring (bicyclic) bond motifs is 5. The van der Waals surface area contributed by atoms with Crippen molar-refractivity contribution in [3.63, 3.8) is 0 Å². The quantitative estimate of drug-likeness (QED) is 0.641. The summed E-state index contributed by atoms with van der Waals surface area (Å²) >= 11 is 0. The first kappa shape index (κ1) is 14.6. The summed E-state index contributed by atoms with van der Waals surface area (Å²) in [4.78, 5) is 0. The van der Waals surface area contributed by atoms with Gasteiger partial charge in [0.25, 0.3) is 0 Å². The molecule has 2 fully saturated rings. The maximum Gasteiger partial charge on any atom is 0.0886 e. The molecule has 0 heterocycles. The first-order valence-electron chi connectivity index (χ1n) is 8.90. The summed E-state index contributed by atoms with van der Waals surface area (Å²) < 4.78 is 0. The Morgan fingerprint density at radius 1 is 1.23 bits per heavy atom. The molecule has 0 aromatic heterocycles. The van der Waals surface area contributed by atoms with Gasteiger partial charge in [0.15, 0.2) is 0 Å². The van der Waals surface area contributed by atoms with E-state index in [9.17, 15) is 10.2 Å². The standard InChI is InChI=1S/C19H29NO2/c1-18-7-5-12(21)9-11(18)10-15(22)17-13-3-4-16(20)19(13,2)8-6-14(17)18/h4,9,11,13-15,17,21-22H,3,5-8,10,20H2,1-2H3/t11-,13-,14-,15-,17-,18-,19-/m0/s1. The molecule has 4 N–H and O–H groups in total. The van der Waals surface area contributed by atoms with E-state index in [2.05, 4.69) is 19.9 Å². The van der Waals surface area contributed by atoms with Crippen molar-refractivity contribution >= 4 is 0 Å². The molecule has 0 aromatic carbocycles. The lowest BCUT2D eigenvalue weighted by molar-refractivity contribution is -0.139. The normalized spacial score (nSPS) is 53.9. The van der Waals surface area contributed by atoms with E-state index in [4.69, 9.17) is 5.73 Å². The molecule has 2 saturated carbocycles. The first-order valence-corrected chi connectivity index (χ1v) is 8.90. The van der Waals surface area contributed by atoms with Crippen LogP contribution in [-0.4, -0.2) is 16.3 Å². The number of hydrogen-bond acceptors (Lipinski definition) is 3. The summed E-state index contributed by atoms with van der Waals surface area (Å²) in [6, 6.07) is 0. The highest BCUT2D eigenvalue weighted by atomic mass is 16.3. The van der Waals surface area contributed by atoms with Crippen molar-refractivity contribution in [1.29, 1.82) is 0 Å². The van der Waals surface area contributed by atoms with Crippen LogP contribution in [0.3, 0.4) is 0 Å². The molecule has 122 valence electrons. The molecule has 0 aromatic rings. The van der Waals surface area contributed by atoms with E-state index < -0.39 is 0 Å². The van der Waals surface area contributed by atoms with Gasteiger partial charge >= 0.3 is 0 Å². The maximum atomic E-state index is 10.9. The fraction of sp³-hybridized carbons (Fsp3) is 0.789. The van der Waals surface area contributed by atoms with E-state index in [0.717, 1.165) is 44.2 Å². The molecule has 4 rings (SSSR count). The summed E-state index contributed by atoms with van der Waals surface area (Å²) in [5.74, 6) is 2.28. The Morgan fingerprint density at radius 2 is 2.00 bits per heavy atom. The number of allylic oxidation sites excluding steroid dienone is 4. The summed E-state index contributed by atoms with van der Waals surface area (Å²) in [6.45, 7) is 4.71. The van der Waals surface area contributed by atoms with E-state index >= 15 is 0 Å². The molecule has 4 aliphatic carbocycles. The monoisotopic (exact) mass is 303 g/mol. The van der Waals surface area contributed by atoms with Crippen LogP contribution in [0.1, 0.15) is 52.4 Å². The highest BCUT2D eigenvalue weighted by Gasteiger charge is 2.60. The van der Waals surface area contributed by atoms with Crippen molar-refractivity contribution < 1.29 is 10.2 Å². The summed E-state index contributed by atoms with van der Waals surface area (Å²) in [5, 5.41) is 20.8. The highest BCUT2D eigenvalue weighted by Crippen LogP contribution is 2.65. The smallest absolute Gasteiger partial charge is 0.0886 e. The molecule has 0 amide bonds. The van der Waals surface area contributed by atoms with Gasteiger partial charge in [-0.25, -0.2) is 0 Å². The van der Waals surface area contributed by atoms with E-state index in [-0.39, 0.29) is 16.9 Å². The Labute approximate surface area is 133 Å². The van der Waals surface area contributed by atoms with Crippen molar-refractivity contribution in [2.75, 3.05) is 0 Å². The zero-order valence-electron chi connectivity index (χ0n) is 13.8. The molecule has 0 bridgehead atoms. The van der Waals surface area contributed by atoms with Crippen LogP contribution in [0.4, 0.5) is 0 Å². The van der Waals surface area contributed by atoms with Gasteiger partial charge in [-0.15, -0.1) is 0 Å². The second-order valence-corrected chi connectivity index (χ2v) is 8.72. The lowest BCUT2D eigenvalue weighted by Crippen LogP contribution is -2.57. The molecule has 4 aliphatic rings. The molecule has 3 nitrogen and oxygen atoms in total. The average molecular weight is 303 g/mol. The third-order valence-electron chi connectivity index (χ3n) is 7.92. The van der Waals surface area contributed by atoms with E-state index in [1.54, 1.807) is 0 Å². The molecular weight excluding hydrogens is 274 g/mol. The Morgan fingerprint density at radius 3 is 2.77 bits per heavy atom.